The first-order chi connectivity index (χ1) is 9.35. The lowest BCUT2D eigenvalue weighted by molar-refractivity contribution is 0.0992. The lowest BCUT2D eigenvalue weighted by Crippen LogP contribution is -2.25. The van der Waals surface area contributed by atoms with Gasteiger partial charge in [0.15, 0.2) is 0 Å². The van der Waals surface area contributed by atoms with Gasteiger partial charge in [0.2, 0.25) is 0 Å². The molecule has 2 unspecified atom stereocenters. The van der Waals surface area contributed by atoms with Gasteiger partial charge < -0.3 is 14.6 Å². The van der Waals surface area contributed by atoms with E-state index in [0.717, 1.165) is 39.0 Å². The van der Waals surface area contributed by atoms with E-state index in [1.165, 1.54) is 18.7 Å². The molecule has 0 saturated carbocycles. The Labute approximate surface area is 116 Å². The zero-order valence-electron chi connectivity index (χ0n) is 12.3. The van der Waals surface area contributed by atoms with Gasteiger partial charge in [0.1, 0.15) is 5.82 Å². The van der Waals surface area contributed by atoms with Gasteiger partial charge in [-0.25, -0.2) is 4.98 Å². The van der Waals surface area contributed by atoms with Gasteiger partial charge in [0.25, 0.3) is 0 Å². The van der Waals surface area contributed by atoms with Crippen molar-refractivity contribution in [1.82, 2.24) is 14.9 Å². The summed E-state index contributed by atoms with van der Waals surface area (Å²) < 4.78 is 8.00. The first kappa shape index (κ1) is 14.5. The highest BCUT2D eigenvalue weighted by Gasteiger charge is 2.20. The van der Waals surface area contributed by atoms with Crippen LogP contribution >= 0.6 is 0 Å². The van der Waals surface area contributed by atoms with Gasteiger partial charge in [-0.15, -0.1) is 0 Å². The smallest absolute Gasteiger partial charge is 0.125 e. The number of hydrogen-bond donors (Lipinski definition) is 1. The molecule has 0 bridgehead atoms. The summed E-state index contributed by atoms with van der Waals surface area (Å²) in [6.45, 7) is 7.35. The molecule has 1 aromatic heterocycles. The van der Waals surface area contributed by atoms with Crippen LogP contribution in [-0.2, 0) is 11.3 Å². The number of imidazole rings is 1. The van der Waals surface area contributed by atoms with Crippen LogP contribution in [0.15, 0.2) is 12.4 Å². The minimum atomic E-state index is 0.357. The van der Waals surface area contributed by atoms with Crippen LogP contribution in [0.2, 0.25) is 0 Å². The molecule has 0 spiro atoms. The molecular formula is C15H27N3O. The quantitative estimate of drug-likeness (QED) is 0.785. The largest absolute Gasteiger partial charge is 0.378 e. The van der Waals surface area contributed by atoms with Gasteiger partial charge in [-0.3, -0.25) is 0 Å². The van der Waals surface area contributed by atoms with E-state index < -0.39 is 0 Å². The molecule has 4 nitrogen and oxygen atoms in total. The average Bonchev–Trinajstić information content (AvgIpc) is 3.06. The minimum Gasteiger partial charge on any atom is -0.378 e. The maximum atomic E-state index is 5.72. The van der Waals surface area contributed by atoms with Crippen molar-refractivity contribution >= 4 is 0 Å². The van der Waals surface area contributed by atoms with Crippen molar-refractivity contribution in [2.45, 2.75) is 64.6 Å². The van der Waals surface area contributed by atoms with Crippen molar-refractivity contribution in [3.05, 3.63) is 18.2 Å². The number of hydrogen-bond acceptors (Lipinski definition) is 3. The van der Waals surface area contributed by atoms with E-state index in [9.17, 15) is 0 Å². The lowest BCUT2D eigenvalue weighted by Gasteiger charge is -2.20. The van der Waals surface area contributed by atoms with Crippen molar-refractivity contribution in [2.75, 3.05) is 13.2 Å². The Bertz CT molecular complexity index is 358. The van der Waals surface area contributed by atoms with Crippen LogP contribution in [0.25, 0.3) is 0 Å². The maximum absolute atomic E-state index is 5.72. The van der Waals surface area contributed by atoms with Gasteiger partial charge in [0.05, 0.1) is 12.1 Å². The highest BCUT2D eigenvalue weighted by molar-refractivity contribution is 4.99. The molecular weight excluding hydrogens is 238 g/mol. The second-order valence-corrected chi connectivity index (χ2v) is 5.30. The Morgan fingerprint density at radius 3 is 3.11 bits per heavy atom. The van der Waals surface area contributed by atoms with Crippen LogP contribution in [0, 0.1) is 0 Å². The fraction of sp³-hybridized carbons (Fsp3) is 0.800. The zero-order valence-corrected chi connectivity index (χ0v) is 12.3. The maximum Gasteiger partial charge on any atom is 0.125 e. The fourth-order valence-corrected chi connectivity index (χ4v) is 2.85. The van der Waals surface area contributed by atoms with Crippen molar-refractivity contribution in [3.8, 4) is 0 Å². The Morgan fingerprint density at radius 2 is 2.42 bits per heavy atom. The van der Waals surface area contributed by atoms with Crippen LogP contribution in [0.5, 0.6) is 0 Å². The van der Waals surface area contributed by atoms with Gasteiger partial charge >= 0.3 is 0 Å². The predicted molar refractivity (Wildman–Crippen MR) is 77.1 cm³/mol. The molecule has 1 aliphatic rings. The van der Waals surface area contributed by atoms with E-state index >= 15 is 0 Å². The highest BCUT2D eigenvalue weighted by atomic mass is 16.5. The molecule has 0 radical (unpaired) electrons. The van der Waals surface area contributed by atoms with E-state index in [2.05, 4.69) is 34.9 Å². The molecule has 2 heterocycles. The SMILES string of the molecule is CCCn1ccnc1C(CCC1CCCO1)NCC. The number of ether oxygens (including phenoxy) is 1. The number of nitrogens with zero attached hydrogens (tertiary/aromatic N) is 2. The number of aromatic nitrogens is 2. The van der Waals surface area contributed by atoms with Gasteiger partial charge in [0, 0.05) is 25.5 Å². The third-order valence-corrected chi connectivity index (χ3v) is 3.78. The Balaban J connectivity index is 1.95. The minimum absolute atomic E-state index is 0.357. The van der Waals surface area contributed by atoms with E-state index in [4.69, 9.17) is 4.74 Å². The second kappa shape index (κ2) is 7.65. The molecule has 19 heavy (non-hydrogen) atoms. The first-order valence-corrected chi connectivity index (χ1v) is 7.71. The molecule has 0 aromatic carbocycles. The highest BCUT2D eigenvalue weighted by Crippen LogP contribution is 2.23. The van der Waals surface area contributed by atoms with Crippen LogP contribution in [0.4, 0.5) is 0 Å². The van der Waals surface area contributed by atoms with Gasteiger partial charge in [-0.2, -0.15) is 0 Å². The van der Waals surface area contributed by atoms with Crippen LogP contribution in [-0.4, -0.2) is 28.8 Å². The summed E-state index contributed by atoms with van der Waals surface area (Å²) >= 11 is 0. The van der Waals surface area contributed by atoms with Crippen molar-refractivity contribution in [3.63, 3.8) is 0 Å². The first-order valence-electron chi connectivity index (χ1n) is 7.71. The number of aryl methyl sites for hydroxylation is 1. The summed E-state index contributed by atoms with van der Waals surface area (Å²) in [7, 11) is 0. The van der Waals surface area contributed by atoms with Crippen molar-refractivity contribution in [2.24, 2.45) is 0 Å². The second-order valence-electron chi connectivity index (χ2n) is 5.30. The van der Waals surface area contributed by atoms with Crippen LogP contribution in [0.1, 0.15) is 57.8 Å². The summed E-state index contributed by atoms with van der Waals surface area (Å²) in [6, 6.07) is 0.357. The van der Waals surface area contributed by atoms with Crippen molar-refractivity contribution in [1.29, 1.82) is 0 Å². The van der Waals surface area contributed by atoms with Crippen LogP contribution in [0.3, 0.4) is 0 Å². The third kappa shape index (κ3) is 4.05. The topological polar surface area (TPSA) is 39.1 Å². The molecule has 0 amide bonds. The Hall–Kier alpha value is -0.870. The third-order valence-electron chi connectivity index (χ3n) is 3.78. The van der Waals surface area contributed by atoms with E-state index in [0.29, 0.717) is 12.1 Å². The van der Waals surface area contributed by atoms with Gasteiger partial charge in [-0.05, 0) is 38.6 Å². The summed E-state index contributed by atoms with van der Waals surface area (Å²) in [5, 5.41) is 3.57. The molecule has 1 saturated heterocycles. The van der Waals surface area contributed by atoms with E-state index in [-0.39, 0.29) is 0 Å². The summed E-state index contributed by atoms with van der Waals surface area (Å²) in [5.41, 5.74) is 0. The average molecular weight is 265 g/mol. The number of nitrogens with one attached hydrogen (secondary N) is 1. The van der Waals surface area contributed by atoms with Gasteiger partial charge in [-0.1, -0.05) is 13.8 Å². The fourth-order valence-electron chi connectivity index (χ4n) is 2.85. The normalized spacial score (nSPS) is 20.8. The predicted octanol–water partition coefficient (Wildman–Crippen LogP) is 2.90. The molecule has 1 N–H and O–H groups in total. The molecule has 0 aliphatic carbocycles. The Morgan fingerprint density at radius 1 is 1.53 bits per heavy atom. The molecule has 108 valence electrons. The summed E-state index contributed by atoms with van der Waals surface area (Å²) in [5.74, 6) is 1.18. The monoisotopic (exact) mass is 265 g/mol. The lowest BCUT2D eigenvalue weighted by atomic mass is 10.1. The van der Waals surface area contributed by atoms with E-state index in [1.54, 1.807) is 0 Å². The van der Waals surface area contributed by atoms with Crippen molar-refractivity contribution < 1.29 is 4.74 Å². The Kier molecular flexibility index (Phi) is 5.86. The summed E-state index contributed by atoms with van der Waals surface area (Å²) in [6.07, 6.45) is 10.3. The molecule has 2 rings (SSSR count). The molecule has 4 heteroatoms. The molecule has 1 aromatic rings. The molecule has 1 aliphatic heterocycles. The standard InChI is InChI=1S/C15H27N3O/c1-3-10-18-11-9-17-15(18)14(16-4-2)8-7-13-6-5-12-19-13/h9,11,13-14,16H,3-8,10,12H2,1-2H3. The number of rotatable bonds is 8. The molecule has 1 fully saturated rings. The van der Waals surface area contributed by atoms with E-state index in [1.807, 2.05) is 6.20 Å². The zero-order chi connectivity index (χ0) is 13.5. The summed E-state index contributed by atoms with van der Waals surface area (Å²) in [4.78, 5) is 4.56. The molecule has 2 atom stereocenters. The van der Waals surface area contributed by atoms with Crippen LogP contribution < -0.4 is 5.32 Å².